The molecule has 0 saturated carbocycles. The summed E-state index contributed by atoms with van der Waals surface area (Å²) < 4.78 is 6.34. The normalized spacial score (nSPS) is 10.0. The Hall–Kier alpha value is -1.36. The number of halogens is 1. The van der Waals surface area contributed by atoms with Gasteiger partial charge in [-0.15, -0.1) is 0 Å². The van der Waals surface area contributed by atoms with Crippen molar-refractivity contribution < 1.29 is 9.53 Å². The van der Waals surface area contributed by atoms with E-state index in [2.05, 4.69) is 22.6 Å². The van der Waals surface area contributed by atoms with Crippen LogP contribution < -0.4 is 4.74 Å². The van der Waals surface area contributed by atoms with Crippen LogP contribution in [0, 0.1) is 3.57 Å². The van der Waals surface area contributed by atoms with E-state index in [0.29, 0.717) is 5.75 Å². The molecule has 2 rings (SSSR count). The molecule has 0 fully saturated rings. The van der Waals surface area contributed by atoms with E-state index in [4.69, 9.17) is 4.74 Å². The fraction of sp³-hybridized carbons (Fsp3) is 0.0714. The summed E-state index contributed by atoms with van der Waals surface area (Å²) in [6.07, 6.45) is 0. The maximum Gasteiger partial charge on any atom is 0.308 e. The molecule has 0 radical (unpaired) electrons. The first kappa shape index (κ1) is 12.1. The molecular formula is C14H11IO2. The van der Waals surface area contributed by atoms with Crippen molar-refractivity contribution in [3.8, 4) is 16.9 Å². The molecule has 0 N–H and O–H groups in total. The minimum absolute atomic E-state index is 0.302. The first-order valence-corrected chi connectivity index (χ1v) is 6.28. The third kappa shape index (κ3) is 2.85. The van der Waals surface area contributed by atoms with Gasteiger partial charge in [-0.1, -0.05) is 36.4 Å². The minimum atomic E-state index is -0.302. The van der Waals surface area contributed by atoms with Crippen molar-refractivity contribution in [2.24, 2.45) is 0 Å². The number of hydrogen-bond donors (Lipinski definition) is 0. The standard InChI is InChI=1S/C14H11IO2/c1-10(16)17-14-9-5-3-7-12(14)11-6-2-4-8-13(11)15/h2-9H,1H3. The number of carbonyl (C=O) groups excluding carboxylic acids is 1. The van der Waals surface area contributed by atoms with Crippen molar-refractivity contribution in [3.05, 3.63) is 52.1 Å². The van der Waals surface area contributed by atoms with Gasteiger partial charge in [0.2, 0.25) is 0 Å². The van der Waals surface area contributed by atoms with Gasteiger partial charge in [0.05, 0.1) is 0 Å². The largest absolute Gasteiger partial charge is 0.426 e. The van der Waals surface area contributed by atoms with Gasteiger partial charge in [0, 0.05) is 16.1 Å². The summed E-state index contributed by atoms with van der Waals surface area (Å²) in [6, 6.07) is 15.6. The number of esters is 1. The van der Waals surface area contributed by atoms with Gasteiger partial charge in [-0.25, -0.2) is 0 Å². The summed E-state index contributed by atoms with van der Waals surface area (Å²) in [5.74, 6) is 0.299. The molecule has 2 nitrogen and oxygen atoms in total. The van der Waals surface area contributed by atoms with Crippen LogP contribution in [-0.4, -0.2) is 5.97 Å². The Kier molecular flexibility index (Phi) is 3.78. The maximum atomic E-state index is 11.1. The minimum Gasteiger partial charge on any atom is -0.426 e. The molecule has 0 aliphatic heterocycles. The second kappa shape index (κ2) is 5.31. The molecular weight excluding hydrogens is 327 g/mol. The molecule has 0 aromatic heterocycles. The Morgan fingerprint density at radius 3 is 2.24 bits per heavy atom. The van der Waals surface area contributed by atoms with E-state index in [1.54, 1.807) is 6.07 Å². The number of carbonyl (C=O) groups is 1. The summed E-state index contributed by atoms with van der Waals surface area (Å²) in [6.45, 7) is 1.41. The van der Waals surface area contributed by atoms with Gasteiger partial charge in [0.1, 0.15) is 5.75 Å². The summed E-state index contributed by atoms with van der Waals surface area (Å²) in [5.41, 5.74) is 2.01. The third-order valence-corrected chi connectivity index (χ3v) is 3.25. The summed E-state index contributed by atoms with van der Waals surface area (Å²) >= 11 is 2.27. The molecule has 3 heteroatoms. The highest BCUT2D eigenvalue weighted by Gasteiger charge is 2.09. The molecule has 0 saturated heterocycles. The monoisotopic (exact) mass is 338 g/mol. The molecule has 2 aromatic rings. The number of benzene rings is 2. The third-order valence-electron chi connectivity index (χ3n) is 2.30. The second-order valence-corrected chi connectivity index (χ2v) is 4.73. The van der Waals surface area contributed by atoms with Gasteiger partial charge in [0.15, 0.2) is 0 Å². The molecule has 0 bridgehead atoms. The number of rotatable bonds is 2. The van der Waals surface area contributed by atoms with Crippen LogP contribution in [0.15, 0.2) is 48.5 Å². The van der Waals surface area contributed by atoms with Crippen LogP contribution in [0.1, 0.15) is 6.92 Å². The molecule has 0 aliphatic carbocycles. The van der Waals surface area contributed by atoms with Crippen LogP contribution in [0.5, 0.6) is 5.75 Å². The highest BCUT2D eigenvalue weighted by Crippen LogP contribution is 2.32. The fourth-order valence-electron chi connectivity index (χ4n) is 1.61. The average molecular weight is 338 g/mol. The van der Waals surface area contributed by atoms with Crippen LogP contribution >= 0.6 is 22.6 Å². The molecule has 0 amide bonds. The van der Waals surface area contributed by atoms with Gasteiger partial charge in [0.25, 0.3) is 0 Å². The van der Waals surface area contributed by atoms with Crippen molar-refractivity contribution >= 4 is 28.6 Å². The highest BCUT2D eigenvalue weighted by atomic mass is 127. The first-order valence-electron chi connectivity index (χ1n) is 5.21. The summed E-state index contributed by atoms with van der Waals surface area (Å²) in [7, 11) is 0. The predicted molar refractivity (Wildman–Crippen MR) is 75.9 cm³/mol. The smallest absolute Gasteiger partial charge is 0.308 e. The summed E-state index contributed by atoms with van der Waals surface area (Å²) in [5, 5.41) is 0. The molecule has 17 heavy (non-hydrogen) atoms. The zero-order valence-electron chi connectivity index (χ0n) is 9.31. The fourth-order valence-corrected chi connectivity index (χ4v) is 2.29. The Balaban J connectivity index is 2.52. The number of ether oxygens (including phenoxy) is 1. The zero-order chi connectivity index (χ0) is 12.3. The van der Waals surface area contributed by atoms with Crippen molar-refractivity contribution in [1.29, 1.82) is 0 Å². The SMILES string of the molecule is CC(=O)Oc1ccccc1-c1ccccc1I. The topological polar surface area (TPSA) is 26.3 Å². The molecule has 0 spiro atoms. The van der Waals surface area contributed by atoms with Gasteiger partial charge < -0.3 is 4.74 Å². The Morgan fingerprint density at radius 1 is 1.00 bits per heavy atom. The second-order valence-electron chi connectivity index (χ2n) is 3.57. The van der Waals surface area contributed by atoms with E-state index in [-0.39, 0.29) is 5.97 Å². The van der Waals surface area contributed by atoms with E-state index < -0.39 is 0 Å². The van der Waals surface area contributed by atoms with E-state index >= 15 is 0 Å². The van der Waals surface area contributed by atoms with Gasteiger partial charge in [-0.2, -0.15) is 0 Å². The zero-order valence-corrected chi connectivity index (χ0v) is 11.5. The van der Waals surface area contributed by atoms with Crippen molar-refractivity contribution in [2.45, 2.75) is 6.92 Å². The van der Waals surface area contributed by atoms with Crippen LogP contribution in [0.3, 0.4) is 0 Å². The lowest BCUT2D eigenvalue weighted by atomic mass is 10.1. The predicted octanol–water partition coefficient (Wildman–Crippen LogP) is 3.88. The average Bonchev–Trinajstić information content (AvgIpc) is 2.30. The van der Waals surface area contributed by atoms with E-state index in [1.807, 2.05) is 42.5 Å². The quantitative estimate of drug-likeness (QED) is 0.472. The molecule has 2 aromatic carbocycles. The number of para-hydroxylation sites is 1. The van der Waals surface area contributed by atoms with E-state index in [9.17, 15) is 4.79 Å². The Labute approximate surface area is 114 Å². The molecule has 0 aliphatic rings. The van der Waals surface area contributed by atoms with E-state index in [1.165, 1.54) is 6.92 Å². The lowest BCUT2D eigenvalue weighted by molar-refractivity contribution is -0.131. The summed E-state index contributed by atoms with van der Waals surface area (Å²) in [4.78, 5) is 11.1. The van der Waals surface area contributed by atoms with Gasteiger partial charge in [-0.3, -0.25) is 4.79 Å². The molecule has 0 heterocycles. The molecule has 0 atom stereocenters. The molecule has 0 unspecified atom stereocenters. The van der Waals surface area contributed by atoms with Gasteiger partial charge >= 0.3 is 5.97 Å². The van der Waals surface area contributed by atoms with Gasteiger partial charge in [-0.05, 0) is 40.3 Å². The maximum absolute atomic E-state index is 11.1. The van der Waals surface area contributed by atoms with Crippen molar-refractivity contribution in [1.82, 2.24) is 0 Å². The van der Waals surface area contributed by atoms with Crippen LogP contribution in [0.4, 0.5) is 0 Å². The van der Waals surface area contributed by atoms with Crippen LogP contribution in [0.25, 0.3) is 11.1 Å². The highest BCUT2D eigenvalue weighted by molar-refractivity contribution is 14.1. The molecule has 86 valence electrons. The van der Waals surface area contributed by atoms with Crippen molar-refractivity contribution in [3.63, 3.8) is 0 Å². The van der Waals surface area contributed by atoms with Crippen LogP contribution in [-0.2, 0) is 4.79 Å². The number of hydrogen-bond acceptors (Lipinski definition) is 2. The Bertz CT molecular complexity index is 549. The Morgan fingerprint density at radius 2 is 1.59 bits per heavy atom. The van der Waals surface area contributed by atoms with E-state index in [0.717, 1.165) is 14.7 Å². The van der Waals surface area contributed by atoms with Crippen LogP contribution in [0.2, 0.25) is 0 Å². The lowest BCUT2D eigenvalue weighted by Crippen LogP contribution is -2.02. The van der Waals surface area contributed by atoms with Crippen molar-refractivity contribution in [2.75, 3.05) is 0 Å². The first-order chi connectivity index (χ1) is 8.18. The lowest BCUT2D eigenvalue weighted by Gasteiger charge is -2.10.